The van der Waals surface area contributed by atoms with Gasteiger partial charge in [-0.25, -0.2) is 0 Å². The average Bonchev–Trinajstić information content (AvgIpc) is 3.28. The van der Waals surface area contributed by atoms with Gasteiger partial charge in [-0.2, -0.15) is 0 Å². The summed E-state index contributed by atoms with van der Waals surface area (Å²) in [5.74, 6) is 0.413. The van der Waals surface area contributed by atoms with Gasteiger partial charge in [0, 0.05) is 24.7 Å². The third kappa shape index (κ3) is 3.05. The van der Waals surface area contributed by atoms with E-state index >= 15 is 0 Å². The molecule has 4 nitrogen and oxygen atoms in total. The summed E-state index contributed by atoms with van der Waals surface area (Å²) >= 11 is 0. The normalized spacial score (nSPS) is 19.9. The van der Waals surface area contributed by atoms with Gasteiger partial charge in [0.1, 0.15) is 0 Å². The van der Waals surface area contributed by atoms with Crippen molar-refractivity contribution in [2.45, 2.75) is 25.3 Å². The van der Waals surface area contributed by atoms with Crippen LogP contribution in [0.2, 0.25) is 0 Å². The summed E-state index contributed by atoms with van der Waals surface area (Å²) in [5.41, 5.74) is 2.74. The topological polar surface area (TPSA) is 54.0 Å². The van der Waals surface area contributed by atoms with Crippen LogP contribution in [0.15, 0.2) is 48.8 Å². The van der Waals surface area contributed by atoms with Crippen LogP contribution in [0.3, 0.4) is 0 Å². The number of rotatable bonds is 5. The maximum Gasteiger partial charge on any atom is 0.253 e. The first kappa shape index (κ1) is 13.6. The molecular weight excluding hydrogens is 262 g/mol. The third-order valence-electron chi connectivity index (χ3n) is 3.77. The summed E-state index contributed by atoms with van der Waals surface area (Å²) in [7, 11) is 0. The van der Waals surface area contributed by atoms with Crippen LogP contribution in [0.25, 0.3) is 0 Å². The Kier molecular flexibility index (Phi) is 3.86. The molecule has 0 aliphatic heterocycles. The largest absolute Gasteiger partial charge is 0.383 e. The molecule has 0 saturated heterocycles. The molecule has 3 rings (SSSR count). The first-order valence-electron chi connectivity index (χ1n) is 7.33. The molecule has 21 heavy (non-hydrogen) atoms. The molecule has 1 amide bonds. The van der Waals surface area contributed by atoms with Crippen molar-refractivity contribution in [3.05, 3.63) is 59.9 Å². The molecule has 1 aliphatic carbocycles. The Morgan fingerprint density at radius 3 is 2.86 bits per heavy atom. The fraction of sp³-hybridized carbons (Fsp3) is 0.294. The average molecular weight is 281 g/mol. The van der Waals surface area contributed by atoms with Crippen LogP contribution in [0.4, 0.5) is 5.69 Å². The highest BCUT2D eigenvalue weighted by atomic mass is 16.1. The zero-order chi connectivity index (χ0) is 14.7. The van der Waals surface area contributed by atoms with E-state index in [1.54, 1.807) is 18.5 Å². The molecule has 4 heteroatoms. The fourth-order valence-corrected chi connectivity index (χ4v) is 2.59. The number of hydrogen-bond donors (Lipinski definition) is 2. The van der Waals surface area contributed by atoms with Crippen molar-refractivity contribution >= 4 is 11.6 Å². The molecule has 1 aromatic carbocycles. The van der Waals surface area contributed by atoms with E-state index in [0.29, 0.717) is 11.5 Å². The van der Waals surface area contributed by atoms with Crippen molar-refractivity contribution in [1.82, 2.24) is 10.3 Å². The number of nitrogens with zero attached hydrogens (tertiary/aromatic N) is 1. The van der Waals surface area contributed by atoms with Crippen LogP contribution < -0.4 is 10.6 Å². The van der Waals surface area contributed by atoms with Crippen LogP contribution in [-0.2, 0) is 0 Å². The molecule has 108 valence electrons. The molecule has 1 aromatic heterocycles. The van der Waals surface area contributed by atoms with E-state index in [1.807, 2.05) is 25.1 Å². The molecule has 1 aliphatic rings. The first-order valence-corrected chi connectivity index (χ1v) is 7.33. The Balaban J connectivity index is 1.66. The van der Waals surface area contributed by atoms with E-state index in [9.17, 15) is 4.79 Å². The van der Waals surface area contributed by atoms with Crippen LogP contribution in [0, 0.1) is 0 Å². The lowest BCUT2D eigenvalue weighted by Crippen LogP contribution is -2.27. The number of anilines is 1. The molecule has 2 unspecified atom stereocenters. The number of aromatic nitrogens is 1. The van der Waals surface area contributed by atoms with Gasteiger partial charge in [0.15, 0.2) is 0 Å². The molecule has 1 heterocycles. The van der Waals surface area contributed by atoms with Gasteiger partial charge < -0.3 is 10.6 Å². The summed E-state index contributed by atoms with van der Waals surface area (Å²) in [6.07, 6.45) is 4.36. The molecule has 1 saturated carbocycles. The highest BCUT2D eigenvalue weighted by molar-refractivity contribution is 5.99. The van der Waals surface area contributed by atoms with Crippen molar-refractivity contribution in [3.8, 4) is 0 Å². The SMILES string of the molecule is CCNc1cnccc1C(=O)NC1CC1c1ccccc1. The summed E-state index contributed by atoms with van der Waals surface area (Å²) in [6, 6.07) is 12.3. The van der Waals surface area contributed by atoms with E-state index in [2.05, 4.69) is 27.8 Å². The number of pyridine rings is 1. The van der Waals surface area contributed by atoms with E-state index in [0.717, 1.165) is 18.7 Å². The standard InChI is InChI=1S/C17H19N3O/c1-2-19-16-11-18-9-8-13(16)17(21)20-15-10-14(15)12-6-4-3-5-7-12/h3-9,11,14-15,19H,2,10H2,1H3,(H,20,21). The maximum atomic E-state index is 12.4. The van der Waals surface area contributed by atoms with Crippen LogP contribution >= 0.6 is 0 Å². The second-order valence-corrected chi connectivity index (χ2v) is 5.28. The molecule has 0 radical (unpaired) electrons. The van der Waals surface area contributed by atoms with E-state index in [-0.39, 0.29) is 11.9 Å². The first-order chi connectivity index (χ1) is 10.3. The molecular formula is C17H19N3O. The quantitative estimate of drug-likeness (QED) is 0.886. The summed E-state index contributed by atoms with van der Waals surface area (Å²) < 4.78 is 0. The second kappa shape index (κ2) is 5.95. The Hall–Kier alpha value is -2.36. The van der Waals surface area contributed by atoms with Crippen molar-refractivity contribution in [2.24, 2.45) is 0 Å². The molecule has 2 N–H and O–H groups in total. The van der Waals surface area contributed by atoms with Crippen LogP contribution in [0.1, 0.15) is 35.2 Å². The van der Waals surface area contributed by atoms with Gasteiger partial charge in [0.05, 0.1) is 17.4 Å². The van der Waals surface area contributed by atoms with Gasteiger partial charge >= 0.3 is 0 Å². The van der Waals surface area contributed by atoms with Gasteiger partial charge in [0.25, 0.3) is 5.91 Å². The summed E-state index contributed by atoms with van der Waals surface area (Å²) in [4.78, 5) is 16.4. The van der Waals surface area contributed by atoms with E-state index in [4.69, 9.17) is 0 Å². The number of hydrogen-bond acceptors (Lipinski definition) is 3. The van der Waals surface area contributed by atoms with Crippen LogP contribution in [-0.4, -0.2) is 23.5 Å². The van der Waals surface area contributed by atoms with Crippen molar-refractivity contribution in [3.63, 3.8) is 0 Å². The summed E-state index contributed by atoms with van der Waals surface area (Å²) in [6.45, 7) is 2.77. The minimum absolute atomic E-state index is 0.0308. The lowest BCUT2D eigenvalue weighted by molar-refractivity contribution is 0.0951. The zero-order valence-electron chi connectivity index (χ0n) is 12.0. The van der Waals surface area contributed by atoms with Crippen molar-refractivity contribution in [2.75, 3.05) is 11.9 Å². The molecule has 2 atom stereocenters. The minimum atomic E-state index is -0.0308. The van der Waals surface area contributed by atoms with Gasteiger partial charge in [-0.1, -0.05) is 30.3 Å². The minimum Gasteiger partial charge on any atom is -0.383 e. The van der Waals surface area contributed by atoms with Gasteiger partial charge in [-0.15, -0.1) is 0 Å². The molecule has 2 aromatic rings. The Morgan fingerprint density at radius 1 is 1.29 bits per heavy atom. The molecule has 0 spiro atoms. The van der Waals surface area contributed by atoms with Gasteiger partial charge in [-0.3, -0.25) is 9.78 Å². The monoisotopic (exact) mass is 281 g/mol. The van der Waals surface area contributed by atoms with E-state index < -0.39 is 0 Å². The number of nitrogens with one attached hydrogen (secondary N) is 2. The van der Waals surface area contributed by atoms with Crippen molar-refractivity contribution < 1.29 is 4.79 Å². The lowest BCUT2D eigenvalue weighted by Gasteiger charge is -2.10. The Labute approximate surface area is 124 Å². The fourth-order valence-electron chi connectivity index (χ4n) is 2.59. The predicted octanol–water partition coefficient (Wildman–Crippen LogP) is 2.80. The Morgan fingerprint density at radius 2 is 2.10 bits per heavy atom. The number of carbonyl (C=O) groups is 1. The third-order valence-corrected chi connectivity index (χ3v) is 3.77. The smallest absolute Gasteiger partial charge is 0.253 e. The number of benzene rings is 1. The Bertz CT molecular complexity index is 627. The predicted molar refractivity (Wildman–Crippen MR) is 83.5 cm³/mol. The van der Waals surface area contributed by atoms with Crippen molar-refractivity contribution in [1.29, 1.82) is 0 Å². The maximum absolute atomic E-state index is 12.4. The van der Waals surface area contributed by atoms with E-state index in [1.165, 1.54) is 5.56 Å². The highest BCUT2D eigenvalue weighted by Crippen LogP contribution is 2.40. The zero-order valence-corrected chi connectivity index (χ0v) is 12.0. The van der Waals surface area contributed by atoms with Gasteiger partial charge in [-0.05, 0) is 25.0 Å². The highest BCUT2D eigenvalue weighted by Gasteiger charge is 2.39. The lowest BCUT2D eigenvalue weighted by atomic mass is 10.1. The molecule has 1 fully saturated rings. The number of carbonyl (C=O) groups excluding carboxylic acids is 1. The van der Waals surface area contributed by atoms with Crippen LogP contribution in [0.5, 0.6) is 0 Å². The number of amides is 1. The van der Waals surface area contributed by atoms with Gasteiger partial charge in [0.2, 0.25) is 0 Å². The summed E-state index contributed by atoms with van der Waals surface area (Å²) in [5, 5.41) is 6.28. The molecule has 0 bridgehead atoms. The second-order valence-electron chi connectivity index (χ2n) is 5.28.